The molecule has 7 heteroatoms. The summed E-state index contributed by atoms with van der Waals surface area (Å²) in [5.74, 6) is -0.516. The zero-order chi connectivity index (χ0) is 21.7. The molecule has 0 bridgehead atoms. The number of fused-ring (bicyclic) bond motifs is 1. The van der Waals surface area contributed by atoms with Crippen molar-refractivity contribution in [2.75, 3.05) is 10.7 Å². The van der Waals surface area contributed by atoms with E-state index in [1.54, 1.807) is 17.0 Å². The van der Waals surface area contributed by atoms with Crippen LogP contribution in [0.1, 0.15) is 17.5 Å². The molecule has 1 aromatic heterocycles. The normalized spacial score (nSPS) is 11.5. The molecule has 5 nitrogen and oxygen atoms in total. The first-order valence-corrected chi connectivity index (χ1v) is 12.6. The van der Waals surface area contributed by atoms with Crippen molar-refractivity contribution in [3.8, 4) is 0 Å². The van der Waals surface area contributed by atoms with Gasteiger partial charge >= 0.3 is 0 Å². The molecule has 1 amide bonds. The van der Waals surface area contributed by atoms with Crippen molar-refractivity contribution in [3.05, 3.63) is 96.1 Å². The molecule has 0 aliphatic heterocycles. The van der Waals surface area contributed by atoms with E-state index in [-0.39, 0.29) is 23.8 Å². The van der Waals surface area contributed by atoms with Gasteiger partial charge in [-0.05, 0) is 23.3 Å². The van der Waals surface area contributed by atoms with Crippen molar-refractivity contribution in [2.24, 2.45) is 0 Å². The third-order valence-electron chi connectivity index (χ3n) is 4.85. The van der Waals surface area contributed by atoms with E-state index in [2.05, 4.69) is 4.98 Å². The molecule has 0 spiro atoms. The lowest BCUT2D eigenvalue weighted by Crippen LogP contribution is -2.31. The predicted octanol–water partition coefficient (Wildman–Crippen LogP) is 4.83. The number of amides is 1. The number of hydrogen-bond donors (Lipinski definition) is 0. The van der Waals surface area contributed by atoms with Crippen LogP contribution < -0.4 is 4.90 Å². The maximum Gasteiger partial charge on any atom is 0.230 e. The predicted molar refractivity (Wildman–Crippen MR) is 126 cm³/mol. The first-order chi connectivity index (χ1) is 15.0. The lowest BCUT2D eigenvalue weighted by molar-refractivity contribution is -0.118. The van der Waals surface area contributed by atoms with E-state index in [1.807, 2.05) is 72.8 Å². The molecule has 4 rings (SSSR count). The minimum absolute atomic E-state index is 0.0685. The number of nitrogens with zero attached hydrogens (tertiary/aromatic N) is 2. The van der Waals surface area contributed by atoms with Crippen molar-refractivity contribution < 1.29 is 13.2 Å². The van der Waals surface area contributed by atoms with Crippen LogP contribution in [0.2, 0.25) is 0 Å². The molecule has 0 aliphatic rings. The molecule has 1 heterocycles. The van der Waals surface area contributed by atoms with Gasteiger partial charge in [0.15, 0.2) is 15.0 Å². The highest BCUT2D eigenvalue weighted by molar-refractivity contribution is 7.90. The minimum Gasteiger partial charge on any atom is -0.284 e. The van der Waals surface area contributed by atoms with Gasteiger partial charge in [-0.2, -0.15) is 0 Å². The van der Waals surface area contributed by atoms with Crippen LogP contribution in [-0.2, 0) is 26.9 Å². The van der Waals surface area contributed by atoms with E-state index in [1.165, 1.54) is 11.3 Å². The van der Waals surface area contributed by atoms with Crippen LogP contribution in [0.3, 0.4) is 0 Å². The molecular formula is C24H22N2O3S2. The summed E-state index contributed by atoms with van der Waals surface area (Å²) in [7, 11) is -3.41. The van der Waals surface area contributed by atoms with E-state index in [4.69, 9.17) is 0 Å². The van der Waals surface area contributed by atoms with Gasteiger partial charge in [0.25, 0.3) is 0 Å². The zero-order valence-corrected chi connectivity index (χ0v) is 18.5. The Morgan fingerprint density at radius 1 is 0.839 bits per heavy atom. The molecule has 0 radical (unpaired) electrons. The third kappa shape index (κ3) is 5.57. The van der Waals surface area contributed by atoms with Crippen molar-refractivity contribution in [1.82, 2.24) is 4.98 Å². The fourth-order valence-electron chi connectivity index (χ4n) is 3.28. The number of benzene rings is 3. The molecule has 0 saturated heterocycles. The number of rotatable bonds is 8. The van der Waals surface area contributed by atoms with Crippen molar-refractivity contribution in [2.45, 2.75) is 18.7 Å². The number of sulfone groups is 1. The van der Waals surface area contributed by atoms with Crippen LogP contribution in [-0.4, -0.2) is 25.1 Å². The Balaban J connectivity index is 1.53. The van der Waals surface area contributed by atoms with E-state index in [0.29, 0.717) is 11.7 Å². The Morgan fingerprint density at radius 2 is 1.45 bits per heavy atom. The highest BCUT2D eigenvalue weighted by Crippen LogP contribution is 2.30. The fraction of sp³-hybridized carbons (Fsp3) is 0.167. The average Bonchev–Trinajstić information content (AvgIpc) is 3.21. The summed E-state index contributed by atoms with van der Waals surface area (Å²) < 4.78 is 26.1. The van der Waals surface area contributed by atoms with Gasteiger partial charge in [0.1, 0.15) is 0 Å². The van der Waals surface area contributed by atoms with Crippen LogP contribution in [0.15, 0.2) is 84.9 Å². The lowest BCUT2D eigenvalue weighted by atomic mass is 10.2. The smallest absolute Gasteiger partial charge is 0.230 e. The molecular weight excluding hydrogens is 428 g/mol. The number of thiazole rings is 1. The number of carbonyl (C=O) groups is 1. The van der Waals surface area contributed by atoms with Gasteiger partial charge < -0.3 is 0 Å². The Hall–Kier alpha value is -3.03. The number of carbonyl (C=O) groups excluding carboxylic acids is 1. The molecule has 0 unspecified atom stereocenters. The van der Waals surface area contributed by atoms with Gasteiger partial charge in [-0.25, -0.2) is 13.4 Å². The molecule has 4 aromatic rings. The molecule has 3 aromatic carbocycles. The average molecular weight is 451 g/mol. The van der Waals surface area contributed by atoms with Crippen LogP contribution in [0.4, 0.5) is 5.13 Å². The quantitative estimate of drug-likeness (QED) is 0.385. The molecule has 0 saturated carbocycles. The first-order valence-electron chi connectivity index (χ1n) is 9.94. The summed E-state index contributed by atoms with van der Waals surface area (Å²) in [5.41, 5.74) is 2.51. The Kier molecular flexibility index (Phi) is 6.44. The van der Waals surface area contributed by atoms with Gasteiger partial charge in [0.05, 0.1) is 28.3 Å². The van der Waals surface area contributed by atoms with Gasteiger partial charge in [-0.1, -0.05) is 84.1 Å². The Labute approximate surface area is 185 Å². The maximum absolute atomic E-state index is 13.2. The highest BCUT2D eigenvalue weighted by Gasteiger charge is 2.23. The van der Waals surface area contributed by atoms with E-state index in [9.17, 15) is 13.2 Å². The fourth-order valence-corrected chi connectivity index (χ4v) is 5.59. The van der Waals surface area contributed by atoms with Crippen molar-refractivity contribution in [1.29, 1.82) is 0 Å². The topological polar surface area (TPSA) is 67.3 Å². The summed E-state index contributed by atoms with van der Waals surface area (Å²) in [6, 6.07) is 26.4. The molecule has 0 N–H and O–H groups in total. The summed E-state index contributed by atoms with van der Waals surface area (Å²) in [6.45, 7) is 0.345. The highest BCUT2D eigenvalue weighted by atomic mass is 32.2. The van der Waals surface area contributed by atoms with Crippen molar-refractivity contribution in [3.63, 3.8) is 0 Å². The largest absolute Gasteiger partial charge is 0.284 e. The van der Waals surface area contributed by atoms with Gasteiger partial charge in [0.2, 0.25) is 5.91 Å². The second-order valence-corrected chi connectivity index (χ2v) is 10.5. The Morgan fingerprint density at radius 3 is 2.13 bits per heavy atom. The summed E-state index contributed by atoms with van der Waals surface area (Å²) in [4.78, 5) is 19.4. The summed E-state index contributed by atoms with van der Waals surface area (Å²) >= 11 is 1.43. The second-order valence-electron chi connectivity index (χ2n) is 7.26. The van der Waals surface area contributed by atoms with E-state index < -0.39 is 9.84 Å². The zero-order valence-electron chi connectivity index (χ0n) is 16.8. The van der Waals surface area contributed by atoms with Crippen molar-refractivity contribution >= 4 is 42.4 Å². The van der Waals surface area contributed by atoms with Crippen LogP contribution in [0.25, 0.3) is 10.2 Å². The van der Waals surface area contributed by atoms with Gasteiger partial charge in [-0.15, -0.1) is 0 Å². The molecule has 31 heavy (non-hydrogen) atoms. The number of hydrogen-bond acceptors (Lipinski definition) is 5. The summed E-state index contributed by atoms with van der Waals surface area (Å²) in [6.07, 6.45) is -0.0854. The molecule has 158 valence electrons. The van der Waals surface area contributed by atoms with Gasteiger partial charge in [-0.3, -0.25) is 9.69 Å². The van der Waals surface area contributed by atoms with Gasteiger partial charge in [0, 0.05) is 6.42 Å². The molecule has 0 atom stereocenters. The molecule has 0 fully saturated rings. The Bertz CT molecular complexity index is 1240. The standard InChI is InChI=1S/C24H22N2O3S2/c27-23(15-16-31(28,29)18-20-11-5-2-6-12-20)26(17-19-9-3-1-4-10-19)24-25-21-13-7-8-14-22(21)30-24/h1-14H,15-18H2. The summed E-state index contributed by atoms with van der Waals surface area (Å²) in [5, 5.41) is 0.579. The van der Waals surface area contributed by atoms with Crippen LogP contribution in [0, 0.1) is 0 Å². The maximum atomic E-state index is 13.2. The first kappa shape index (κ1) is 21.2. The number of anilines is 1. The number of para-hydroxylation sites is 1. The number of aromatic nitrogens is 1. The van der Waals surface area contributed by atoms with E-state index in [0.717, 1.165) is 21.3 Å². The third-order valence-corrected chi connectivity index (χ3v) is 7.51. The lowest BCUT2D eigenvalue weighted by Gasteiger charge is -2.20. The van der Waals surface area contributed by atoms with E-state index >= 15 is 0 Å². The second kappa shape index (κ2) is 9.41. The minimum atomic E-state index is -3.41. The van der Waals surface area contributed by atoms with Crippen LogP contribution in [0.5, 0.6) is 0 Å². The monoisotopic (exact) mass is 450 g/mol. The van der Waals surface area contributed by atoms with Crippen LogP contribution >= 0.6 is 11.3 Å². The SMILES string of the molecule is O=C(CCS(=O)(=O)Cc1ccccc1)N(Cc1ccccc1)c1nc2ccccc2s1. The molecule has 0 aliphatic carbocycles.